The van der Waals surface area contributed by atoms with Crippen LogP contribution < -0.4 is 10.9 Å². The van der Waals surface area contributed by atoms with Crippen LogP contribution in [0.25, 0.3) is 16.7 Å². The van der Waals surface area contributed by atoms with Gasteiger partial charge >= 0.3 is 0 Å². The Morgan fingerprint density at radius 3 is 2.79 bits per heavy atom. The quantitative estimate of drug-likeness (QED) is 0.479. The van der Waals surface area contributed by atoms with E-state index >= 15 is 0 Å². The molecule has 0 radical (unpaired) electrons. The topological polar surface area (TPSA) is 114 Å². The number of rotatable bonds is 6. The van der Waals surface area contributed by atoms with Crippen LogP contribution in [0.5, 0.6) is 0 Å². The number of anilines is 1. The Bertz CT molecular complexity index is 1440. The van der Waals surface area contributed by atoms with Crippen molar-refractivity contribution in [3.8, 4) is 0 Å². The molecule has 0 spiro atoms. The Balaban J connectivity index is 1.55. The zero-order chi connectivity index (χ0) is 23.1. The average molecular weight is 449 g/mol. The van der Waals surface area contributed by atoms with Crippen LogP contribution in [-0.4, -0.2) is 54.5 Å². The van der Waals surface area contributed by atoms with Gasteiger partial charge in [-0.3, -0.25) is 14.4 Å². The van der Waals surface area contributed by atoms with E-state index in [1.165, 1.54) is 29.0 Å². The smallest absolute Gasteiger partial charge is 0.283 e. The highest BCUT2D eigenvalue weighted by atomic mass is 19.1. The van der Waals surface area contributed by atoms with Gasteiger partial charge in [-0.25, -0.2) is 14.4 Å². The number of aromatic nitrogens is 5. The van der Waals surface area contributed by atoms with Gasteiger partial charge in [-0.2, -0.15) is 9.61 Å². The summed E-state index contributed by atoms with van der Waals surface area (Å²) in [4.78, 5) is 48.4. The summed E-state index contributed by atoms with van der Waals surface area (Å²) in [5.41, 5.74) is 0.216. The lowest BCUT2D eigenvalue weighted by atomic mass is 10.3. The number of hydrogen-bond acceptors (Lipinski definition) is 6. The van der Waals surface area contributed by atoms with Gasteiger partial charge in [0, 0.05) is 25.9 Å². The van der Waals surface area contributed by atoms with Gasteiger partial charge in [-0.15, -0.1) is 0 Å². The Morgan fingerprint density at radius 2 is 2.06 bits per heavy atom. The van der Waals surface area contributed by atoms with Gasteiger partial charge in [-0.05, 0) is 43.0 Å². The first-order chi connectivity index (χ1) is 15.9. The molecule has 1 aliphatic rings. The molecular weight excluding hydrogens is 429 g/mol. The third kappa shape index (κ3) is 4.04. The zero-order valence-electron chi connectivity index (χ0n) is 17.7. The van der Waals surface area contributed by atoms with Crippen LogP contribution in [-0.2, 0) is 11.3 Å². The molecule has 1 fully saturated rings. The van der Waals surface area contributed by atoms with Crippen molar-refractivity contribution in [2.45, 2.75) is 19.4 Å². The summed E-state index contributed by atoms with van der Waals surface area (Å²) in [7, 11) is 1.71. The van der Waals surface area contributed by atoms with E-state index in [1.807, 2.05) is 0 Å². The third-order valence-corrected chi connectivity index (χ3v) is 5.52. The predicted octanol–water partition coefficient (Wildman–Crippen LogP) is 1.70. The van der Waals surface area contributed by atoms with Crippen LogP contribution >= 0.6 is 0 Å². The van der Waals surface area contributed by atoms with Gasteiger partial charge in [-0.1, -0.05) is 0 Å². The van der Waals surface area contributed by atoms with E-state index in [1.54, 1.807) is 24.1 Å². The third-order valence-electron chi connectivity index (χ3n) is 5.52. The SMILES string of the molecule is CN(CC1CC1)C(=O)c1cc2n(CC(=O)Nc3ccc(F)cn3)c3ncccc3c(=O)n2n1. The molecule has 168 valence electrons. The van der Waals surface area contributed by atoms with Gasteiger partial charge < -0.3 is 14.8 Å². The van der Waals surface area contributed by atoms with Gasteiger partial charge in [0.15, 0.2) is 5.69 Å². The van der Waals surface area contributed by atoms with Crippen molar-refractivity contribution in [3.63, 3.8) is 0 Å². The van der Waals surface area contributed by atoms with Crippen LogP contribution in [0.15, 0.2) is 47.5 Å². The maximum atomic E-state index is 13.1. The highest BCUT2D eigenvalue weighted by Gasteiger charge is 2.27. The van der Waals surface area contributed by atoms with Crippen molar-refractivity contribution in [2.75, 3.05) is 18.9 Å². The average Bonchev–Trinajstić information content (AvgIpc) is 3.51. The summed E-state index contributed by atoms with van der Waals surface area (Å²) in [5.74, 6) is -0.596. The van der Waals surface area contributed by atoms with E-state index in [-0.39, 0.29) is 40.6 Å². The highest BCUT2D eigenvalue weighted by Crippen LogP contribution is 2.29. The van der Waals surface area contributed by atoms with Crippen LogP contribution in [0.3, 0.4) is 0 Å². The Morgan fingerprint density at radius 1 is 1.24 bits per heavy atom. The minimum absolute atomic E-state index is 0.111. The normalized spacial score (nSPS) is 13.4. The maximum Gasteiger partial charge on any atom is 0.283 e. The fraction of sp³-hybridized carbons (Fsp3) is 0.273. The monoisotopic (exact) mass is 449 g/mol. The van der Waals surface area contributed by atoms with Crippen molar-refractivity contribution >= 4 is 34.3 Å². The van der Waals surface area contributed by atoms with Crippen LogP contribution in [0.1, 0.15) is 23.3 Å². The lowest BCUT2D eigenvalue weighted by Gasteiger charge is -2.14. The second-order valence-corrected chi connectivity index (χ2v) is 8.10. The number of nitrogens with zero attached hydrogens (tertiary/aromatic N) is 6. The lowest BCUT2D eigenvalue weighted by molar-refractivity contribution is -0.116. The van der Waals surface area contributed by atoms with Crippen molar-refractivity contribution in [1.29, 1.82) is 0 Å². The molecule has 10 nitrogen and oxygen atoms in total. The molecule has 11 heteroatoms. The second-order valence-electron chi connectivity index (χ2n) is 8.10. The number of pyridine rings is 2. The molecule has 0 aliphatic heterocycles. The number of fused-ring (bicyclic) bond motifs is 2. The van der Waals surface area contributed by atoms with E-state index in [0.29, 0.717) is 12.5 Å². The van der Waals surface area contributed by atoms with Crippen LogP contribution in [0.2, 0.25) is 0 Å². The Labute approximate surface area is 186 Å². The summed E-state index contributed by atoms with van der Waals surface area (Å²) < 4.78 is 15.7. The van der Waals surface area contributed by atoms with E-state index in [4.69, 9.17) is 0 Å². The maximum absolute atomic E-state index is 13.1. The number of carbonyl (C=O) groups excluding carboxylic acids is 2. The molecule has 1 aliphatic carbocycles. The van der Waals surface area contributed by atoms with Crippen molar-refractivity contribution < 1.29 is 14.0 Å². The Kier molecular flexibility index (Phi) is 5.08. The fourth-order valence-electron chi connectivity index (χ4n) is 3.72. The van der Waals surface area contributed by atoms with E-state index in [2.05, 4.69) is 20.4 Å². The first kappa shape index (κ1) is 20.7. The molecule has 2 amide bonds. The molecule has 1 saturated carbocycles. The molecular formula is C22H20FN7O3. The van der Waals surface area contributed by atoms with Crippen LogP contribution in [0, 0.1) is 11.7 Å². The first-order valence-corrected chi connectivity index (χ1v) is 10.4. The largest absolute Gasteiger partial charge is 0.340 e. The van der Waals surface area contributed by atoms with Gasteiger partial charge in [0.25, 0.3) is 11.5 Å². The minimum atomic E-state index is -0.520. The molecule has 4 heterocycles. The predicted molar refractivity (Wildman–Crippen MR) is 117 cm³/mol. The minimum Gasteiger partial charge on any atom is -0.340 e. The molecule has 0 atom stereocenters. The standard InChI is InChI=1S/C22H20FN7O3/c1-28(11-13-4-5-13)22(33)16-9-19-29(12-18(31)26-17-7-6-14(23)10-25-17)20-15(3-2-8-24-20)21(32)30(19)27-16/h2-3,6-10,13H,4-5,11-12H2,1H3,(H,25,26,31). The van der Waals surface area contributed by atoms with Crippen molar-refractivity contribution in [3.05, 3.63) is 64.6 Å². The summed E-state index contributed by atoms with van der Waals surface area (Å²) in [5, 5.41) is 7.10. The summed E-state index contributed by atoms with van der Waals surface area (Å²) in [6, 6.07) is 7.22. The molecule has 0 aromatic carbocycles. The number of carbonyl (C=O) groups is 2. The van der Waals surface area contributed by atoms with Gasteiger partial charge in [0.05, 0.1) is 11.6 Å². The Hall–Kier alpha value is -4.15. The molecule has 4 aromatic heterocycles. The second kappa shape index (κ2) is 8.08. The summed E-state index contributed by atoms with van der Waals surface area (Å²) in [6.45, 7) is 0.404. The van der Waals surface area contributed by atoms with Gasteiger partial charge in [0.2, 0.25) is 5.91 Å². The molecule has 0 bridgehead atoms. The van der Waals surface area contributed by atoms with E-state index in [0.717, 1.165) is 23.6 Å². The van der Waals surface area contributed by atoms with Gasteiger partial charge in [0.1, 0.15) is 29.5 Å². The summed E-state index contributed by atoms with van der Waals surface area (Å²) in [6.07, 6.45) is 4.71. The van der Waals surface area contributed by atoms with E-state index < -0.39 is 17.3 Å². The number of halogens is 1. The molecule has 33 heavy (non-hydrogen) atoms. The summed E-state index contributed by atoms with van der Waals surface area (Å²) >= 11 is 0. The molecule has 5 rings (SSSR count). The highest BCUT2D eigenvalue weighted by molar-refractivity contribution is 5.94. The van der Waals surface area contributed by atoms with Crippen molar-refractivity contribution in [2.24, 2.45) is 5.92 Å². The molecule has 1 N–H and O–H groups in total. The number of amides is 2. The first-order valence-electron chi connectivity index (χ1n) is 10.4. The van der Waals surface area contributed by atoms with Crippen LogP contribution in [0.4, 0.5) is 10.2 Å². The molecule has 0 saturated heterocycles. The zero-order valence-corrected chi connectivity index (χ0v) is 17.7. The van der Waals surface area contributed by atoms with Crippen molar-refractivity contribution in [1.82, 2.24) is 29.0 Å². The van der Waals surface area contributed by atoms with E-state index in [9.17, 15) is 18.8 Å². The fourth-order valence-corrected chi connectivity index (χ4v) is 3.72. The molecule has 4 aromatic rings. The molecule has 0 unspecified atom stereocenters. The number of hydrogen-bond donors (Lipinski definition) is 1. The number of nitrogens with one attached hydrogen (secondary N) is 1. The lowest BCUT2D eigenvalue weighted by Crippen LogP contribution is -2.29.